The molecular formula is C26H29N5O3S. The SMILES string of the molecule is C[C@@H](C(=O)N1CCC(c2ccc(S(=O)(=O)Nc3ccncn3)cc2)CC1)n1ccc2ccccc21.[HH]. The molecular weight excluding hydrogens is 462 g/mol. The number of hydrogen-bond acceptors (Lipinski definition) is 5. The zero-order valence-corrected chi connectivity index (χ0v) is 20.2. The van der Waals surface area contributed by atoms with Gasteiger partial charge in [-0.2, -0.15) is 0 Å². The van der Waals surface area contributed by atoms with E-state index in [0.29, 0.717) is 13.1 Å². The molecule has 0 radical (unpaired) electrons. The molecule has 5 rings (SSSR count). The molecule has 1 aliphatic heterocycles. The third kappa shape index (κ3) is 4.77. The first-order valence-electron chi connectivity index (χ1n) is 11.7. The molecule has 4 aromatic rings. The molecule has 0 aliphatic carbocycles. The van der Waals surface area contributed by atoms with E-state index >= 15 is 0 Å². The van der Waals surface area contributed by atoms with E-state index in [1.54, 1.807) is 12.1 Å². The van der Waals surface area contributed by atoms with Crippen LogP contribution >= 0.6 is 0 Å². The molecule has 35 heavy (non-hydrogen) atoms. The van der Waals surface area contributed by atoms with Crippen molar-refractivity contribution in [3.05, 3.63) is 84.9 Å². The molecule has 1 atom stereocenters. The number of nitrogens with one attached hydrogen (secondary N) is 1. The highest BCUT2D eigenvalue weighted by molar-refractivity contribution is 7.92. The van der Waals surface area contributed by atoms with Crippen molar-refractivity contribution in [3.63, 3.8) is 0 Å². The van der Waals surface area contributed by atoms with Crippen LogP contribution in [0.3, 0.4) is 0 Å². The summed E-state index contributed by atoms with van der Waals surface area (Å²) in [5.41, 5.74) is 2.15. The molecule has 8 nitrogen and oxygen atoms in total. The lowest BCUT2D eigenvalue weighted by atomic mass is 9.89. The Kier molecular flexibility index (Phi) is 6.25. The Morgan fingerprint density at radius 1 is 1.06 bits per heavy atom. The average Bonchev–Trinajstić information content (AvgIpc) is 3.33. The van der Waals surface area contributed by atoms with Gasteiger partial charge in [-0.1, -0.05) is 30.3 Å². The van der Waals surface area contributed by atoms with Crippen molar-refractivity contribution in [1.29, 1.82) is 0 Å². The largest absolute Gasteiger partial charge is 0.341 e. The maximum atomic E-state index is 13.2. The van der Waals surface area contributed by atoms with Gasteiger partial charge in [0.15, 0.2) is 0 Å². The first-order valence-corrected chi connectivity index (χ1v) is 13.1. The third-order valence-corrected chi connectivity index (χ3v) is 8.06. The van der Waals surface area contributed by atoms with E-state index in [9.17, 15) is 13.2 Å². The number of piperidine rings is 1. The highest BCUT2D eigenvalue weighted by Gasteiger charge is 2.28. The molecule has 2 aromatic heterocycles. The minimum atomic E-state index is -3.72. The van der Waals surface area contributed by atoms with Gasteiger partial charge in [0.1, 0.15) is 18.2 Å². The number of anilines is 1. The number of benzene rings is 2. The van der Waals surface area contributed by atoms with Crippen molar-refractivity contribution in [1.82, 2.24) is 19.4 Å². The van der Waals surface area contributed by atoms with E-state index in [1.807, 2.05) is 59.0 Å². The van der Waals surface area contributed by atoms with Crippen LogP contribution in [-0.4, -0.2) is 46.8 Å². The minimum Gasteiger partial charge on any atom is -0.341 e. The molecule has 0 unspecified atom stereocenters. The number of fused-ring (bicyclic) bond motifs is 1. The number of carbonyl (C=O) groups excluding carboxylic acids is 1. The first kappa shape index (κ1) is 23.0. The normalized spacial score (nSPS) is 15.7. The lowest BCUT2D eigenvalue weighted by molar-refractivity contribution is -0.135. The minimum absolute atomic E-state index is 0. The van der Waals surface area contributed by atoms with Gasteiger partial charge in [-0.3, -0.25) is 9.52 Å². The van der Waals surface area contributed by atoms with Gasteiger partial charge in [0.05, 0.1) is 4.90 Å². The number of para-hydroxylation sites is 1. The van der Waals surface area contributed by atoms with Crippen molar-refractivity contribution >= 4 is 32.7 Å². The van der Waals surface area contributed by atoms with E-state index in [2.05, 4.69) is 20.8 Å². The fourth-order valence-electron chi connectivity index (χ4n) is 4.73. The summed E-state index contributed by atoms with van der Waals surface area (Å²) in [6, 6.07) is 18.3. The van der Waals surface area contributed by atoms with Crippen molar-refractivity contribution < 1.29 is 14.6 Å². The molecule has 0 bridgehead atoms. The summed E-state index contributed by atoms with van der Waals surface area (Å²) in [7, 11) is -3.72. The summed E-state index contributed by atoms with van der Waals surface area (Å²) in [5.74, 6) is 0.638. The van der Waals surface area contributed by atoms with Gasteiger partial charge >= 0.3 is 0 Å². The van der Waals surface area contributed by atoms with Crippen LogP contribution in [0.5, 0.6) is 0 Å². The van der Waals surface area contributed by atoms with Gasteiger partial charge in [-0.05, 0) is 67.0 Å². The number of rotatable bonds is 6. The van der Waals surface area contributed by atoms with Gasteiger partial charge in [0, 0.05) is 32.4 Å². The number of amides is 1. The molecule has 1 fully saturated rings. The van der Waals surface area contributed by atoms with Crippen LogP contribution in [0, 0.1) is 0 Å². The Bertz CT molecular complexity index is 1430. The predicted molar refractivity (Wildman–Crippen MR) is 137 cm³/mol. The van der Waals surface area contributed by atoms with Crippen molar-refractivity contribution in [3.8, 4) is 0 Å². The van der Waals surface area contributed by atoms with E-state index in [0.717, 1.165) is 29.3 Å². The molecule has 1 aliphatic rings. The summed E-state index contributed by atoms with van der Waals surface area (Å²) >= 11 is 0. The molecule has 182 valence electrons. The van der Waals surface area contributed by atoms with Crippen LogP contribution < -0.4 is 4.72 Å². The van der Waals surface area contributed by atoms with Gasteiger partial charge < -0.3 is 9.47 Å². The molecule has 1 amide bonds. The number of carbonyl (C=O) groups is 1. The predicted octanol–water partition coefficient (Wildman–Crippen LogP) is 4.45. The number of aromatic nitrogens is 3. The topological polar surface area (TPSA) is 97.2 Å². The van der Waals surface area contributed by atoms with Gasteiger partial charge in [0.25, 0.3) is 10.0 Å². The van der Waals surface area contributed by atoms with E-state index in [-0.39, 0.29) is 30.0 Å². The summed E-state index contributed by atoms with van der Waals surface area (Å²) in [6.07, 6.45) is 6.44. The number of likely N-dealkylation sites (tertiary alicyclic amines) is 1. The Labute approximate surface area is 206 Å². The van der Waals surface area contributed by atoms with Gasteiger partial charge in [0.2, 0.25) is 5.91 Å². The van der Waals surface area contributed by atoms with Crippen LogP contribution in [0.2, 0.25) is 0 Å². The van der Waals surface area contributed by atoms with Crippen molar-refractivity contribution in [2.24, 2.45) is 0 Å². The smallest absolute Gasteiger partial charge is 0.263 e. The highest BCUT2D eigenvalue weighted by Crippen LogP contribution is 2.30. The second kappa shape index (κ2) is 9.50. The molecule has 1 N–H and O–H groups in total. The second-order valence-corrected chi connectivity index (χ2v) is 10.5. The van der Waals surface area contributed by atoms with E-state index in [1.165, 1.54) is 18.6 Å². The van der Waals surface area contributed by atoms with Crippen molar-refractivity contribution in [2.75, 3.05) is 17.8 Å². The Morgan fingerprint density at radius 2 is 1.80 bits per heavy atom. The zero-order valence-electron chi connectivity index (χ0n) is 19.4. The fraction of sp³-hybridized carbons (Fsp3) is 0.269. The van der Waals surface area contributed by atoms with Crippen molar-refractivity contribution in [2.45, 2.75) is 36.6 Å². The third-order valence-electron chi connectivity index (χ3n) is 6.69. The second-order valence-electron chi connectivity index (χ2n) is 8.83. The summed E-state index contributed by atoms with van der Waals surface area (Å²) in [6.45, 7) is 3.32. The number of hydrogen-bond donors (Lipinski definition) is 1. The van der Waals surface area contributed by atoms with Gasteiger partial charge in [-0.15, -0.1) is 0 Å². The zero-order chi connectivity index (χ0) is 24.4. The Balaban J connectivity index is 0.00000304. The van der Waals surface area contributed by atoms with Crippen LogP contribution in [0.15, 0.2) is 84.3 Å². The van der Waals surface area contributed by atoms with E-state index in [4.69, 9.17) is 0 Å². The fourth-order valence-corrected chi connectivity index (χ4v) is 5.73. The average molecular weight is 492 g/mol. The monoisotopic (exact) mass is 491 g/mol. The lowest BCUT2D eigenvalue weighted by Gasteiger charge is -2.34. The van der Waals surface area contributed by atoms with Crippen LogP contribution in [0.1, 0.15) is 38.7 Å². The van der Waals surface area contributed by atoms with Crippen LogP contribution in [0.4, 0.5) is 5.82 Å². The quantitative estimate of drug-likeness (QED) is 0.430. The number of nitrogens with zero attached hydrogens (tertiary/aromatic N) is 4. The standard InChI is InChI=1S/C26H27N5O3S.H2/c1-19(31-17-13-22-4-2-3-5-24(22)31)26(32)30-15-11-21(12-16-30)20-6-8-23(9-7-20)35(33,34)29-25-10-14-27-18-28-25;/h2-10,13-14,17-19,21H,11-12,15-16H2,1H3,(H,27,28,29);1H/t19-;/m0./s1. The van der Waals surface area contributed by atoms with E-state index < -0.39 is 10.0 Å². The molecule has 0 saturated carbocycles. The summed E-state index contributed by atoms with van der Waals surface area (Å²) in [4.78, 5) is 23.0. The Morgan fingerprint density at radius 3 is 2.51 bits per heavy atom. The maximum absolute atomic E-state index is 13.2. The number of sulfonamides is 1. The summed E-state index contributed by atoms with van der Waals surface area (Å²) < 4.78 is 29.8. The van der Waals surface area contributed by atoms with Gasteiger partial charge in [-0.25, -0.2) is 18.4 Å². The molecule has 1 saturated heterocycles. The summed E-state index contributed by atoms with van der Waals surface area (Å²) in [5, 5.41) is 1.13. The molecule has 3 heterocycles. The molecule has 2 aromatic carbocycles. The lowest BCUT2D eigenvalue weighted by Crippen LogP contribution is -2.41. The maximum Gasteiger partial charge on any atom is 0.263 e. The Hall–Kier alpha value is -3.72. The molecule has 9 heteroatoms. The highest BCUT2D eigenvalue weighted by atomic mass is 32.2. The first-order chi connectivity index (χ1) is 16.9. The van der Waals surface area contributed by atoms with Crippen LogP contribution in [-0.2, 0) is 14.8 Å². The molecule has 0 spiro atoms. The van der Waals surface area contributed by atoms with Crippen LogP contribution in [0.25, 0.3) is 10.9 Å².